The number of benzene rings is 1. The predicted octanol–water partition coefficient (Wildman–Crippen LogP) is 2.27. The summed E-state index contributed by atoms with van der Waals surface area (Å²) in [6.45, 7) is 4.22. The van der Waals surface area contributed by atoms with Crippen molar-refractivity contribution in [2.24, 2.45) is 5.73 Å². The molecule has 0 aromatic heterocycles. The molecule has 1 unspecified atom stereocenters. The fourth-order valence-electron chi connectivity index (χ4n) is 1.17. The molecule has 0 fully saturated rings. The van der Waals surface area contributed by atoms with E-state index >= 15 is 0 Å². The zero-order valence-corrected chi connectivity index (χ0v) is 7.88. The van der Waals surface area contributed by atoms with E-state index in [2.05, 4.69) is 38.1 Å². The Bertz CT molecular complexity index is 225. The van der Waals surface area contributed by atoms with Crippen LogP contribution in [0.3, 0.4) is 0 Å². The van der Waals surface area contributed by atoms with Crippen molar-refractivity contribution in [1.82, 2.24) is 0 Å². The molecule has 1 atom stereocenters. The van der Waals surface area contributed by atoms with Crippen LogP contribution in [0, 0.1) is 6.92 Å². The summed E-state index contributed by atoms with van der Waals surface area (Å²) < 4.78 is 0. The van der Waals surface area contributed by atoms with E-state index < -0.39 is 0 Å². The molecule has 0 aliphatic heterocycles. The van der Waals surface area contributed by atoms with Gasteiger partial charge < -0.3 is 5.73 Å². The average molecular weight is 163 g/mol. The first-order valence-corrected chi connectivity index (χ1v) is 4.53. The predicted molar refractivity (Wildman–Crippen MR) is 53.1 cm³/mol. The first kappa shape index (κ1) is 9.27. The average Bonchev–Trinajstić information content (AvgIpc) is 2.09. The first-order valence-electron chi connectivity index (χ1n) is 4.53. The molecule has 0 radical (unpaired) electrons. The zero-order chi connectivity index (χ0) is 8.97. The Morgan fingerprint density at radius 3 is 2.33 bits per heavy atom. The van der Waals surface area contributed by atoms with Gasteiger partial charge in [-0.3, -0.25) is 0 Å². The van der Waals surface area contributed by atoms with Gasteiger partial charge in [0.1, 0.15) is 0 Å². The smallest absolute Gasteiger partial charge is 0.00766 e. The van der Waals surface area contributed by atoms with Crippen molar-refractivity contribution < 1.29 is 0 Å². The van der Waals surface area contributed by atoms with E-state index in [4.69, 9.17) is 5.73 Å². The van der Waals surface area contributed by atoms with Crippen LogP contribution in [-0.2, 0) is 6.42 Å². The first-order chi connectivity index (χ1) is 5.72. The van der Waals surface area contributed by atoms with Crippen molar-refractivity contribution in [2.45, 2.75) is 32.7 Å². The molecule has 0 saturated carbocycles. The zero-order valence-electron chi connectivity index (χ0n) is 7.88. The monoisotopic (exact) mass is 163 g/mol. The fraction of sp³-hybridized carbons (Fsp3) is 0.455. The maximum absolute atomic E-state index is 5.84. The lowest BCUT2D eigenvalue weighted by Crippen LogP contribution is -2.21. The Balaban J connectivity index is 2.58. The van der Waals surface area contributed by atoms with Gasteiger partial charge in [-0.25, -0.2) is 0 Å². The molecule has 1 heteroatoms. The van der Waals surface area contributed by atoms with Gasteiger partial charge in [-0.15, -0.1) is 0 Å². The number of hydrogen-bond acceptors (Lipinski definition) is 1. The molecule has 0 heterocycles. The van der Waals surface area contributed by atoms with Gasteiger partial charge in [0.05, 0.1) is 0 Å². The number of rotatable bonds is 3. The molecule has 0 amide bonds. The fourth-order valence-corrected chi connectivity index (χ4v) is 1.17. The van der Waals surface area contributed by atoms with Gasteiger partial charge in [0.2, 0.25) is 0 Å². The Labute approximate surface area is 74.6 Å². The molecule has 0 bridgehead atoms. The summed E-state index contributed by atoms with van der Waals surface area (Å²) in [5, 5.41) is 0. The molecule has 66 valence electrons. The van der Waals surface area contributed by atoms with Crippen LogP contribution in [0.2, 0.25) is 0 Å². The largest absolute Gasteiger partial charge is 0.327 e. The van der Waals surface area contributed by atoms with E-state index in [9.17, 15) is 0 Å². The summed E-state index contributed by atoms with van der Waals surface area (Å²) in [6.07, 6.45) is 2.05. The third-order valence-corrected chi connectivity index (χ3v) is 2.14. The van der Waals surface area contributed by atoms with Crippen molar-refractivity contribution in [2.75, 3.05) is 0 Å². The van der Waals surface area contributed by atoms with Gasteiger partial charge in [0.15, 0.2) is 0 Å². The van der Waals surface area contributed by atoms with Crippen LogP contribution in [-0.4, -0.2) is 6.04 Å². The van der Waals surface area contributed by atoms with Crippen LogP contribution in [0.4, 0.5) is 0 Å². The highest BCUT2D eigenvalue weighted by molar-refractivity contribution is 5.21. The summed E-state index contributed by atoms with van der Waals surface area (Å²) in [6, 6.07) is 8.90. The second kappa shape index (κ2) is 4.27. The van der Waals surface area contributed by atoms with Gasteiger partial charge in [0, 0.05) is 6.04 Å². The normalized spacial score (nSPS) is 12.9. The molecule has 12 heavy (non-hydrogen) atoms. The molecule has 0 aliphatic rings. The Morgan fingerprint density at radius 2 is 1.83 bits per heavy atom. The number of nitrogens with two attached hydrogens (primary N) is 1. The molecule has 1 aromatic rings. The van der Waals surface area contributed by atoms with Gasteiger partial charge in [-0.05, 0) is 25.3 Å². The summed E-state index contributed by atoms with van der Waals surface area (Å²) in [5.74, 6) is 0. The number of hydrogen-bond donors (Lipinski definition) is 1. The highest BCUT2D eigenvalue weighted by Gasteiger charge is 1.99. The van der Waals surface area contributed by atoms with Crippen LogP contribution in [0.15, 0.2) is 24.3 Å². The van der Waals surface area contributed by atoms with E-state index in [1.165, 1.54) is 11.1 Å². The highest BCUT2D eigenvalue weighted by atomic mass is 14.6. The minimum Gasteiger partial charge on any atom is -0.327 e. The lowest BCUT2D eigenvalue weighted by Gasteiger charge is -2.08. The van der Waals surface area contributed by atoms with E-state index in [0.717, 1.165) is 12.8 Å². The minimum absolute atomic E-state index is 0.313. The molecule has 1 aromatic carbocycles. The minimum atomic E-state index is 0.313. The summed E-state index contributed by atoms with van der Waals surface area (Å²) >= 11 is 0. The standard InChI is InChI=1S/C11H17N/c1-3-11(12)8-10-6-4-9(2)5-7-10/h4-7,11H,3,8,12H2,1-2H3. The van der Waals surface area contributed by atoms with Crippen LogP contribution in [0.1, 0.15) is 24.5 Å². The van der Waals surface area contributed by atoms with Gasteiger partial charge in [-0.1, -0.05) is 36.8 Å². The highest BCUT2D eigenvalue weighted by Crippen LogP contribution is 2.06. The van der Waals surface area contributed by atoms with Crippen molar-refractivity contribution in [1.29, 1.82) is 0 Å². The third-order valence-electron chi connectivity index (χ3n) is 2.14. The van der Waals surface area contributed by atoms with E-state index in [1.54, 1.807) is 0 Å². The van der Waals surface area contributed by atoms with Crippen LogP contribution >= 0.6 is 0 Å². The molecular formula is C11H17N. The molecule has 1 rings (SSSR count). The lowest BCUT2D eigenvalue weighted by molar-refractivity contribution is 0.646. The van der Waals surface area contributed by atoms with E-state index in [0.29, 0.717) is 6.04 Å². The molecule has 0 aliphatic carbocycles. The van der Waals surface area contributed by atoms with Gasteiger partial charge >= 0.3 is 0 Å². The van der Waals surface area contributed by atoms with Crippen molar-refractivity contribution in [3.05, 3.63) is 35.4 Å². The quantitative estimate of drug-likeness (QED) is 0.726. The Morgan fingerprint density at radius 1 is 1.25 bits per heavy atom. The van der Waals surface area contributed by atoms with Gasteiger partial charge in [0.25, 0.3) is 0 Å². The summed E-state index contributed by atoms with van der Waals surface area (Å²) in [4.78, 5) is 0. The van der Waals surface area contributed by atoms with Crippen LogP contribution in [0.25, 0.3) is 0 Å². The molecular weight excluding hydrogens is 146 g/mol. The second-order valence-corrected chi connectivity index (χ2v) is 3.36. The maximum atomic E-state index is 5.84. The van der Waals surface area contributed by atoms with Crippen molar-refractivity contribution in [3.63, 3.8) is 0 Å². The van der Waals surface area contributed by atoms with E-state index in [1.807, 2.05) is 0 Å². The van der Waals surface area contributed by atoms with Crippen LogP contribution in [0.5, 0.6) is 0 Å². The summed E-state index contributed by atoms with van der Waals surface area (Å²) in [5.41, 5.74) is 8.49. The number of aryl methyl sites for hydroxylation is 1. The van der Waals surface area contributed by atoms with Crippen LogP contribution < -0.4 is 5.73 Å². The SMILES string of the molecule is CCC(N)Cc1ccc(C)cc1. The second-order valence-electron chi connectivity index (χ2n) is 3.36. The topological polar surface area (TPSA) is 26.0 Å². The van der Waals surface area contributed by atoms with Crippen molar-refractivity contribution >= 4 is 0 Å². The maximum Gasteiger partial charge on any atom is 0.00766 e. The third kappa shape index (κ3) is 2.67. The molecule has 0 spiro atoms. The molecule has 0 saturated heterocycles. The molecule has 1 nitrogen and oxygen atoms in total. The lowest BCUT2D eigenvalue weighted by atomic mass is 10.0. The van der Waals surface area contributed by atoms with E-state index in [-0.39, 0.29) is 0 Å². The Kier molecular flexibility index (Phi) is 3.30. The molecule has 2 N–H and O–H groups in total. The Hall–Kier alpha value is -0.820. The summed E-state index contributed by atoms with van der Waals surface area (Å²) in [7, 11) is 0. The van der Waals surface area contributed by atoms with Gasteiger partial charge in [-0.2, -0.15) is 0 Å². The van der Waals surface area contributed by atoms with Crippen molar-refractivity contribution in [3.8, 4) is 0 Å².